The molecule has 23 heavy (non-hydrogen) atoms. The second kappa shape index (κ2) is 7.04. The van der Waals surface area contributed by atoms with Crippen LogP contribution in [0.1, 0.15) is 34.0 Å². The van der Waals surface area contributed by atoms with Crippen LogP contribution in [0.2, 0.25) is 0 Å². The lowest BCUT2D eigenvalue weighted by Gasteiger charge is -2.18. The second-order valence-corrected chi connectivity index (χ2v) is 5.15. The Hall–Kier alpha value is -2.70. The summed E-state index contributed by atoms with van der Waals surface area (Å²) in [6.45, 7) is 0. The molecule has 0 spiro atoms. The van der Waals surface area contributed by atoms with Gasteiger partial charge in [-0.1, -0.05) is 36.4 Å². The van der Waals surface area contributed by atoms with Crippen molar-refractivity contribution in [2.45, 2.75) is 18.6 Å². The number of carboxylic acid groups (broad SMARTS) is 1. The number of aliphatic hydroxyl groups is 2. The van der Waals surface area contributed by atoms with E-state index in [-0.39, 0.29) is 22.6 Å². The Morgan fingerprint density at radius 2 is 1.70 bits per heavy atom. The lowest BCUT2D eigenvalue weighted by molar-refractivity contribution is -0.141. The average molecular weight is 315 g/mol. The number of ketones is 1. The van der Waals surface area contributed by atoms with Gasteiger partial charge in [-0.2, -0.15) is 0 Å². The summed E-state index contributed by atoms with van der Waals surface area (Å²) < 4.78 is 0. The molecule has 0 aromatic heterocycles. The Morgan fingerprint density at radius 1 is 1.04 bits per heavy atom. The van der Waals surface area contributed by atoms with Crippen molar-refractivity contribution in [3.8, 4) is 0 Å². The smallest absolute Gasteiger partial charge is 0.306 e. The van der Waals surface area contributed by atoms with Crippen LogP contribution in [0.15, 0.2) is 48.5 Å². The molecule has 0 amide bonds. The van der Waals surface area contributed by atoms with E-state index in [2.05, 4.69) is 0 Å². The third-order valence-electron chi connectivity index (χ3n) is 3.45. The van der Waals surface area contributed by atoms with Gasteiger partial charge in [-0.05, 0) is 17.7 Å². The topological polar surface area (TPSA) is 121 Å². The predicted octanol–water partition coefficient (Wildman–Crippen LogP) is 1.37. The molecule has 2 atom stereocenters. The Labute approximate surface area is 132 Å². The van der Waals surface area contributed by atoms with Gasteiger partial charge in [0.25, 0.3) is 0 Å². The molecule has 0 aliphatic heterocycles. The quantitative estimate of drug-likeness (QED) is 0.472. The molecular weight excluding hydrogens is 298 g/mol. The first kappa shape index (κ1) is 16.7. The minimum atomic E-state index is -1.48. The summed E-state index contributed by atoms with van der Waals surface area (Å²) in [6, 6.07) is 12.8. The van der Waals surface area contributed by atoms with Crippen LogP contribution < -0.4 is 5.73 Å². The first-order valence-electron chi connectivity index (χ1n) is 6.97. The number of carbonyl (C=O) groups excluding carboxylic acids is 1. The summed E-state index contributed by atoms with van der Waals surface area (Å²) in [7, 11) is 0. The average Bonchev–Trinajstić information content (AvgIpc) is 2.54. The number of benzene rings is 2. The summed E-state index contributed by atoms with van der Waals surface area (Å²) in [5.74, 6) is -1.54. The molecule has 2 aromatic carbocycles. The Bertz CT molecular complexity index is 714. The highest BCUT2D eigenvalue weighted by Crippen LogP contribution is 2.25. The fraction of sp³-hybridized carbons (Fsp3) is 0.176. The number of aliphatic hydroxyl groups excluding tert-OH is 2. The lowest BCUT2D eigenvalue weighted by Crippen LogP contribution is -2.22. The Morgan fingerprint density at radius 3 is 2.30 bits per heavy atom. The maximum absolute atomic E-state index is 12.5. The molecule has 6 nitrogen and oxygen atoms in total. The van der Waals surface area contributed by atoms with Crippen LogP contribution in [0.3, 0.4) is 0 Å². The largest absolute Gasteiger partial charge is 0.481 e. The zero-order valence-corrected chi connectivity index (χ0v) is 12.2. The summed E-state index contributed by atoms with van der Waals surface area (Å²) in [5, 5.41) is 28.4. The van der Waals surface area contributed by atoms with E-state index in [0.717, 1.165) is 0 Å². The minimum absolute atomic E-state index is 0.190. The molecule has 2 unspecified atom stereocenters. The van der Waals surface area contributed by atoms with Gasteiger partial charge in [-0.3, -0.25) is 9.59 Å². The summed E-state index contributed by atoms with van der Waals surface area (Å²) >= 11 is 0. The molecule has 120 valence electrons. The van der Waals surface area contributed by atoms with E-state index in [0.29, 0.717) is 5.56 Å². The standard InChI is InChI=1S/C17H17NO5/c18-13-7-6-11(17(23)14(19)9-15(20)21)8-12(13)16(22)10-4-2-1-3-5-10/h1-8,14,17,19,23H,9,18H2,(H,20,21). The molecular formula is C17H17NO5. The zero-order valence-electron chi connectivity index (χ0n) is 12.2. The van der Waals surface area contributed by atoms with E-state index in [1.165, 1.54) is 18.2 Å². The molecule has 0 saturated heterocycles. The predicted molar refractivity (Wildman–Crippen MR) is 83.9 cm³/mol. The molecule has 2 rings (SSSR count). The number of rotatable bonds is 6. The third kappa shape index (κ3) is 3.94. The highest BCUT2D eigenvalue weighted by Gasteiger charge is 2.23. The summed E-state index contributed by atoms with van der Waals surface area (Å²) in [5.41, 5.74) is 6.92. The van der Waals surface area contributed by atoms with E-state index < -0.39 is 24.6 Å². The van der Waals surface area contributed by atoms with Gasteiger partial charge in [0, 0.05) is 16.8 Å². The van der Waals surface area contributed by atoms with E-state index in [9.17, 15) is 19.8 Å². The van der Waals surface area contributed by atoms with Gasteiger partial charge in [0.2, 0.25) is 0 Å². The van der Waals surface area contributed by atoms with Crippen LogP contribution in [-0.4, -0.2) is 33.2 Å². The summed E-state index contributed by atoms with van der Waals surface area (Å²) in [6.07, 6.45) is -3.50. The molecule has 0 fully saturated rings. The monoisotopic (exact) mass is 315 g/mol. The first-order chi connectivity index (χ1) is 10.9. The number of carbonyl (C=O) groups is 2. The third-order valence-corrected chi connectivity index (χ3v) is 3.45. The fourth-order valence-electron chi connectivity index (χ4n) is 2.21. The molecule has 5 N–H and O–H groups in total. The van der Waals surface area contributed by atoms with Crippen LogP contribution in [0.25, 0.3) is 0 Å². The molecule has 0 heterocycles. The molecule has 0 radical (unpaired) electrons. The highest BCUT2D eigenvalue weighted by atomic mass is 16.4. The number of nitrogen functional groups attached to an aromatic ring is 1. The number of carboxylic acids is 1. The molecule has 0 aliphatic rings. The molecule has 6 heteroatoms. The van der Waals surface area contributed by atoms with Crippen LogP contribution >= 0.6 is 0 Å². The Kier molecular flexibility index (Phi) is 5.10. The van der Waals surface area contributed by atoms with E-state index in [1.54, 1.807) is 30.3 Å². The maximum Gasteiger partial charge on any atom is 0.306 e. The maximum atomic E-state index is 12.5. The van der Waals surface area contributed by atoms with E-state index >= 15 is 0 Å². The number of hydrogen-bond donors (Lipinski definition) is 4. The van der Waals surface area contributed by atoms with Crippen LogP contribution in [0, 0.1) is 0 Å². The van der Waals surface area contributed by atoms with Crippen molar-refractivity contribution in [2.75, 3.05) is 5.73 Å². The molecule has 0 saturated carbocycles. The van der Waals surface area contributed by atoms with Gasteiger partial charge in [-0.25, -0.2) is 0 Å². The molecule has 0 bridgehead atoms. The van der Waals surface area contributed by atoms with Crippen LogP contribution in [-0.2, 0) is 4.79 Å². The molecule has 2 aromatic rings. The van der Waals surface area contributed by atoms with E-state index in [4.69, 9.17) is 10.8 Å². The number of nitrogens with two attached hydrogens (primary N) is 1. The van der Waals surface area contributed by atoms with Gasteiger partial charge < -0.3 is 21.1 Å². The van der Waals surface area contributed by atoms with Gasteiger partial charge in [-0.15, -0.1) is 0 Å². The van der Waals surface area contributed by atoms with Gasteiger partial charge >= 0.3 is 5.97 Å². The fourth-order valence-corrected chi connectivity index (χ4v) is 2.21. The SMILES string of the molecule is Nc1ccc(C(O)C(O)CC(=O)O)cc1C(=O)c1ccccc1. The van der Waals surface area contributed by atoms with Crippen LogP contribution in [0.4, 0.5) is 5.69 Å². The number of aliphatic carboxylic acids is 1. The lowest BCUT2D eigenvalue weighted by atomic mass is 9.95. The van der Waals surface area contributed by atoms with Crippen molar-refractivity contribution in [3.63, 3.8) is 0 Å². The molecule has 0 aliphatic carbocycles. The summed E-state index contributed by atoms with van der Waals surface area (Å²) in [4.78, 5) is 23.1. The van der Waals surface area contributed by atoms with Crippen molar-refractivity contribution in [3.05, 3.63) is 65.2 Å². The zero-order chi connectivity index (χ0) is 17.0. The van der Waals surface area contributed by atoms with Crippen molar-refractivity contribution >= 4 is 17.4 Å². The minimum Gasteiger partial charge on any atom is -0.481 e. The van der Waals surface area contributed by atoms with Crippen LogP contribution in [0.5, 0.6) is 0 Å². The van der Waals surface area contributed by atoms with Gasteiger partial charge in [0.05, 0.1) is 12.5 Å². The number of anilines is 1. The first-order valence-corrected chi connectivity index (χ1v) is 6.97. The van der Waals surface area contributed by atoms with Crippen molar-refractivity contribution < 1.29 is 24.9 Å². The van der Waals surface area contributed by atoms with Crippen molar-refractivity contribution in [1.29, 1.82) is 0 Å². The van der Waals surface area contributed by atoms with Crippen molar-refractivity contribution in [2.24, 2.45) is 0 Å². The van der Waals surface area contributed by atoms with Gasteiger partial charge in [0.15, 0.2) is 5.78 Å². The van der Waals surface area contributed by atoms with E-state index in [1.807, 2.05) is 0 Å². The van der Waals surface area contributed by atoms with Crippen molar-refractivity contribution in [1.82, 2.24) is 0 Å². The normalized spacial score (nSPS) is 13.3. The second-order valence-electron chi connectivity index (χ2n) is 5.15. The van der Waals surface area contributed by atoms with Gasteiger partial charge in [0.1, 0.15) is 6.10 Å². The Balaban J connectivity index is 2.32. The number of hydrogen-bond acceptors (Lipinski definition) is 5. The highest BCUT2D eigenvalue weighted by molar-refractivity contribution is 6.12.